The average Bonchev–Trinajstić information content (AvgIpc) is 2.74. The van der Waals surface area contributed by atoms with Gasteiger partial charge in [0.2, 0.25) is 0 Å². The second-order valence-electron chi connectivity index (χ2n) is 5.75. The van der Waals surface area contributed by atoms with Crippen molar-refractivity contribution in [2.24, 2.45) is 13.0 Å². The van der Waals surface area contributed by atoms with E-state index in [1.165, 1.54) is 0 Å². The van der Waals surface area contributed by atoms with Crippen LogP contribution in [0.4, 0.5) is 0 Å². The van der Waals surface area contributed by atoms with Crippen LogP contribution in [0.25, 0.3) is 10.9 Å². The highest BCUT2D eigenvalue weighted by atomic mass is 16.4. The van der Waals surface area contributed by atoms with Gasteiger partial charge in [-0.25, -0.2) is 0 Å². The summed E-state index contributed by atoms with van der Waals surface area (Å²) in [6.07, 6.45) is 2.93. The van der Waals surface area contributed by atoms with E-state index in [0.29, 0.717) is 18.4 Å². The summed E-state index contributed by atoms with van der Waals surface area (Å²) >= 11 is 0. The number of carboxylic acids is 1. The minimum atomic E-state index is -0.766. The number of aliphatic carboxylic acids is 1. The van der Waals surface area contributed by atoms with E-state index in [9.17, 15) is 9.59 Å². The maximum absolute atomic E-state index is 12.6. The van der Waals surface area contributed by atoms with E-state index in [0.717, 1.165) is 10.9 Å². The summed E-state index contributed by atoms with van der Waals surface area (Å²) in [5.41, 5.74) is 1.70. The lowest BCUT2D eigenvalue weighted by Crippen LogP contribution is -2.47. The predicted molar refractivity (Wildman–Crippen MR) is 79.2 cm³/mol. The highest BCUT2D eigenvalue weighted by Crippen LogP contribution is 2.32. The van der Waals surface area contributed by atoms with Crippen LogP contribution in [-0.4, -0.2) is 39.5 Å². The van der Waals surface area contributed by atoms with Gasteiger partial charge in [-0.3, -0.25) is 9.59 Å². The van der Waals surface area contributed by atoms with Crippen LogP contribution in [0.2, 0.25) is 0 Å². The number of carbonyl (C=O) groups excluding carboxylic acids is 1. The Hall–Kier alpha value is -2.30. The zero-order valence-corrected chi connectivity index (χ0v) is 12.1. The number of hydrogen-bond acceptors (Lipinski definition) is 2. The second-order valence-corrected chi connectivity index (χ2v) is 5.75. The van der Waals surface area contributed by atoms with Crippen molar-refractivity contribution in [3.8, 4) is 0 Å². The Labute approximate surface area is 122 Å². The summed E-state index contributed by atoms with van der Waals surface area (Å²) in [5, 5.41) is 9.86. The largest absolute Gasteiger partial charge is 0.481 e. The van der Waals surface area contributed by atoms with E-state index >= 15 is 0 Å². The first kappa shape index (κ1) is 13.7. The summed E-state index contributed by atoms with van der Waals surface area (Å²) in [4.78, 5) is 25.2. The Morgan fingerprint density at radius 1 is 1.29 bits per heavy atom. The van der Waals surface area contributed by atoms with Gasteiger partial charge in [0.15, 0.2) is 0 Å². The highest BCUT2D eigenvalue weighted by molar-refractivity contribution is 6.07. The van der Waals surface area contributed by atoms with Gasteiger partial charge in [0.25, 0.3) is 5.91 Å². The molecule has 1 amide bonds. The van der Waals surface area contributed by atoms with Crippen LogP contribution >= 0.6 is 0 Å². The van der Waals surface area contributed by atoms with Crippen molar-refractivity contribution >= 4 is 22.8 Å². The van der Waals surface area contributed by atoms with Crippen molar-refractivity contribution in [2.45, 2.75) is 18.9 Å². The zero-order chi connectivity index (χ0) is 15.1. The van der Waals surface area contributed by atoms with Crippen LogP contribution in [0.15, 0.2) is 30.5 Å². The van der Waals surface area contributed by atoms with Crippen molar-refractivity contribution in [3.63, 3.8) is 0 Å². The Balaban J connectivity index is 1.83. The molecule has 5 heteroatoms. The number of amides is 1. The molecule has 1 aromatic carbocycles. The number of carboxylic acid groups (broad SMARTS) is 1. The number of aryl methyl sites for hydroxylation is 1. The molecule has 1 heterocycles. The smallest absolute Gasteiger partial charge is 0.306 e. The molecule has 0 radical (unpaired) electrons. The van der Waals surface area contributed by atoms with Crippen LogP contribution in [0, 0.1) is 5.92 Å². The van der Waals surface area contributed by atoms with Crippen LogP contribution in [0.3, 0.4) is 0 Å². The Morgan fingerprint density at radius 3 is 2.62 bits per heavy atom. The molecule has 0 aliphatic heterocycles. The van der Waals surface area contributed by atoms with Crippen molar-refractivity contribution in [3.05, 3.63) is 36.0 Å². The summed E-state index contributed by atoms with van der Waals surface area (Å²) in [7, 11) is 3.68. The molecule has 1 saturated carbocycles. The molecule has 3 rings (SSSR count). The number of benzene rings is 1. The molecule has 0 unspecified atom stereocenters. The predicted octanol–water partition coefficient (Wildman–Crippen LogP) is 2.11. The minimum absolute atomic E-state index is 0.0255. The molecular formula is C16H18N2O3. The first-order valence-corrected chi connectivity index (χ1v) is 7.03. The van der Waals surface area contributed by atoms with Gasteiger partial charge in [-0.2, -0.15) is 0 Å². The topological polar surface area (TPSA) is 62.5 Å². The molecular weight excluding hydrogens is 268 g/mol. The normalized spacial score (nSPS) is 21.0. The third-order valence-corrected chi connectivity index (χ3v) is 4.46. The molecule has 110 valence electrons. The van der Waals surface area contributed by atoms with Gasteiger partial charge < -0.3 is 14.6 Å². The fourth-order valence-electron chi connectivity index (χ4n) is 2.97. The molecule has 1 aromatic heterocycles. The average molecular weight is 286 g/mol. The van der Waals surface area contributed by atoms with E-state index in [-0.39, 0.29) is 17.9 Å². The van der Waals surface area contributed by atoms with Crippen molar-refractivity contribution in [1.82, 2.24) is 9.47 Å². The van der Waals surface area contributed by atoms with Gasteiger partial charge in [-0.15, -0.1) is 0 Å². The van der Waals surface area contributed by atoms with E-state index in [2.05, 4.69) is 0 Å². The number of carbonyl (C=O) groups is 2. The standard InChI is InChI=1S/C16H18N2O3/c1-17-9-13(12-5-3-4-6-14(12)17)15(19)18(2)11-7-10(8-11)16(20)21/h3-6,9-11H,7-8H2,1-2H3,(H,20,21). The summed E-state index contributed by atoms with van der Waals surface area (Å²) in [6.45, 7) is 0. The summed E-state index contributed by atoms with van der Waals surface area (Å²) in [5.74, 6) is -1.12. The lowest BCUT2D eigenvalue weighted by atomic mass is 9.79. The molecule has 0 spiro atoms. The van der Waals surface area contributed by atoms with E-state index in [1.54, 1.807) is 11.9 Å². The van der Waals surface area contributed by atoms with E-state index in [1.807, 2.05) is 42.1 Å². The van der Waals surface area contributed by atoms with Crippen LogP contribution in [0.5, 0.6) is 0 Å². The van der Waals surface area contributed by atoms with Crippen molar-refractivity contribution in [1.29, 1.82) is 0 Å². The van der Waals surface area contributed by atoms with Crippen LogP contribution in [-0.2, 0) is 11.8 Å². The first-order chi connectivity index (χ1) is 9.99. The quantitative estimate of drug-likeness (QED) is 0.940. The lowest BCUT2D eigenvalue weighted by molar-refractivity contribution is -0.146. The highest BCUT2D eigenvalue weighted by Gasteiger charge is 2.38. The van der Waals surface area contributed by atoms with Crippen molar-refractivity contribution < 1.29 is 14.7 Å². The van der Waals surface area contributed by atoms with Gasteiger partial charge in [0.1, 0.15) is 0 Å². The van der Waals surface area contributed by atoms with Crippen molar-refractivity contribution in [2.75, 3.05) is 7.05 Å². The second kappa shape index (κ2) is 4.91. The minimum Gasteiger partial charge on any atom is -0.481 e. The molecule has 2 aromatic rings. The SMILES string of the molecule is CN(C(=O)c1cn(C)c2ccccc12)C1CC(C(=O)O)C1. The molecule has 1 N–H and O–H groups in total. The number of nitrogens with zero attached hydrogens (tertiary/aromatic N) is 2. The van der Waals surface area contributed by atoms with Crippen LogP contribution in [0.1, 0.15) is 23.2 Å². The molecule has 0 bridgehead atoms. The van der Waals surface area contributed by atoms with Gasteiger partial charge in [0, 0.05) is 37.2 Å². The summed E-state index contributed by atoms with van der Waals surface area (Å²) < 4.78 is 1.94. The molecule has 1 aliphatic carbocycles. The molecule has 1 aliphatic rings. The monoisotopic (exact) mass is 286 g/mol. The number of fused-ring (bicyclic) bond motifs is 1. The van der Waals surface area contributed by atoms with Crippen LogP contribution < -0.4 is 0 Å². The maximum atomic E-state index is 12.6. The lowest BCUT2D eigenvalue weighted by Gasteiger charge is -2.39. The van der Waals surface area contributed by atoms with E-state index in [4.69, 9.17) is 5.11 Å². The van der Waals surface area contributed by atoms with Gasteiger partial charge in [-0.1, -0.05) is 18.2 Å². The summed E-state index contributed by atoms with van der Waals surface area (Å²) in [6, 6.07) is 7.82. The van der Waals surface area contributed by atoms with Gasteiger partial charge >= 0.3 is 5.97 Å². The molecule has 21 heavy (non-hydrogen) atoms. The third kappa shape index (κ3) is 2.18. The fraction of sp³-hybridized carbons (Fsp3) is 0.375. The Morgan fingerprint density at radius 2 is 1.95 bits per heavy atom. The first-order valence-electron chi connectivity index (χ1n) is 7.03. The molecule has 1 fully saturated rings. The Kier molecular flexibility index (Phi) is 3.20. The van der Waals surface area contributed by atoms with Gasteiger partial charge in [-0.05, 0) is 18.9 Å². The number of aromatic nitrogens is 1. The molecule has 0 atom stereocenters. The fourth-order valence-corrected chi connectivity index (χ4v) is 2.97. The zero-order valence-electron chi connectivity index (χ0n) is 12.1. The third-order valence-electron chi connectivity index (χ3n) is 4.46. The number of rotatable bonds is 3. The molecule has 5 nitrogen and oxygen atoms in total. The Bertz CT molecular complexity index is 713. The van der Waals surface area contributed by atoms with Gasteiger partial charge in [0.05, 0.1) is 11.5 Å². The van der Waals surface area contributed by atoms with E-state index < -0.39 is 5.97 Å². The number of hydrogen-bond donors (Lipinski definition) is 1. The number of para-hydroxylation sites is 1. The molecule has 0 saturated heterocycles. The maximum Gasteiger partial charge on any atom is 0.306 e.